The molecule has 1 saturated carbocycles. The molecule has 2 N–H and O–H groups in total. The van der Waals surface area contributed by atoms with E-state index in [1.165, 1.54) is 141 Å². The maximum atomic E-state index is 12.8. The number of rotatable bonds is 49. The maximum absolute atomic E-state index is 12.8. The second kappa shape index (κ2) is 46.0. The monoisotopic (exact) mass is 920 g/mol. The Kier molecular flexibility index (Phi) is 43.4. The zero-order valence-electron chi connectivity index (χ0n) is 43.6. The molecule has 0 aliphatic heterocycles. The topological polar surface area (TPSA) is 108 Å². The Hall–Kier alpha value is -1.71. The van der Waals surface area contributed by atoms with Crippen LogP contribution in [0.1, 0.15) is 265 Å². The van der Waals surface area contributed by atoms with Gasteiger partial charge < -0.3 is 19.9 Å². The molecule has 1 atom stereocenters. The molecule has 0 heterocycles. The van der Waals surface area contributed by atoms with E-state index < -0.39 is 0 Å². The number of amides is 1. The normalized spacial score (nSPS) is 13.7. The van der Waals surface area contributed by atoms with E-state index in [9.17, 15) is 19.5 Å². The number of carbonyl (C=O) groups is 3. The number of hydrogen-bond donors (Lipinski definition) is 2. The molecule has 0 radical (unpaired) electrons. The minimum absolute atomic E-state index is 0.0300. The first-order valence-corrected chi connectivity index (χ1v) is 28.5. The number of ether oxygens (including phenoxy) is 2. The Morgan fingerprint density at radius 1 is 0.492 bits per heavy atom. The van der Waals surface area contributed by atoms with Crippen LogP contribution in [0.15, 0.2) is 0 Å². The van der Waals surface area contributed by atoms with E-state index >= 15 is 0 Å². The number of nitrogens with one attached hydrogen (secondary N) is 1. The Labute approximate surface area is 402 Å². The van der Waals surface area contributed by atoms with Gasteiger partial charge in [0.1, 0.15) is 0 Å². The summed E-state index contributed by atoms with van der Waals surface area (Å²) in [5.74, 6) is 0.644. The summed E-state index contributed by atoms with van der Waals surface area (Å²) in [5, 5.41) is 13.2. The Bertz CT molecular complexity index is 1040. The number of nitrogens with zero attached hydrogens (tertiary/aromatic N) is 2. The van der Waals surface area contributed by atoms with Crippen LogP contribution in [0.5, 0.6) is 0 Å². The number of aliphatic hydroxyl groups excluding tert-OH is 1. The van der Waals surface area contributed by atoms with Crippen molar-refractivity contribution in [2.24, 2.45) is 11.8 Å². The fourth-order valence-corrected chi connectivity index (χ4v) is 9.69. The van der Waals surface area contributed by atoms with Gasteiger partial charge in [-0.05, 0) is 83.2 Å². The molecule has 384 valence electrons. The van der Waals surface area contributed by atoms with Gasteiger partial charge in [-0.15, -0.1) is 0 Å². The molecular formula is C56H109N3O6. The third kappa shape index (κ3) is 37.9. The van der Waals surface area contributed by atoms with Crippen LogP contribution in [0.25, 0.3) is 0 Å². The van der Waals surface area contributed by atoms with Gasteiger partial charge in [0.15, 0.2) is 0 Å². The molecule has 0 aromatic rings. The fraction of sp³-hybridized carbons (Fsp3) is 0.946. The van der Waals surface area contributed by atoms with Crippen molar-refractivity contribution in [3.05, 3.63) is 0 Å². The molecule has 0 saturated heterocycles. The highest BCUT2D eigenvalue weighted by Gasteiger charge is 2.23. The van der Waals surface area contributed by atoms with Crippen LogP contribution in [-0.4, -0.2) is 97.9 Å². The minimum atomic E-state index is -0.126. The highest BCUT2D eigenvalue weighted by atomic mass is 16.5. The maximum Gasteiger partial charge on any atom is 0.305 e. The Morgan fingerprint density at radius 2 is 0.923 bits per heavy atom. The van der Waals surface area contributed by atoms with Crippen LogP contribution in [0.2, 0.25) is 0 Å². The van der Waals surface area contributed by atoms with Gasteiger partial charge in [-0.25, -0.2) is 0 Å². The summed E-state index contributed by atoms with van der Waals surface area (Å²) in [4.78, 5) is 43.1. The average molecular weight is 921 g/mol. The summed E-state index contributed by atoms with van der Waals surface area (Å²) >= 11 is 0. The highest BCUT2D eigenvalue weighted by molar-refractivity contribution is 5.75. The van der Waals surface area contributed by atoms with Gasteiger partial charge in [0.2, 0.25) is 5.91 Å². The predicted molar refractivity (Wildman–Crippen MR) is 274 cm³/mol. The zero-order chi connectivity index (χ0) is 47.3. The lowest BCUT2D eigenvalue weighted by Crippen LogP contribution is -2.41. The molecule has 1 amide bonds. The van der Waals surface area contributed by atoms with Crippen LogP contribution in [-0.2, 0) is 23.9 Å². The summed E-state index contributed by atoms with van der Waals surface area (Å²) < 4.78 is 11.5. The molecule has 0 bridgehead atoms. The molecule has 0 aromatic heterocycles. The van der Waals surface area contributed by atoms with Crippen LogP contribution < -0.4 is 5.32 Å². The van der Waals surface area contributed by atoms with E-state index in [0.717, 1.165) is 110 Å². The number of hydrogen-bond acceptors (Lipinski definition) is 8. The van der Waals surface area contributed by atoms with Crippen molar-refractivity contribution >= 4 is 17.8 Å². The summed E-state index contributed by atoms with van der Waals surface area (Å²) in [7, 11) is 0. The lowest BCUT2D eigenvalue weighted by molar-refractivity contribution is -0.149. The molecule has 9 nitrogen and oxygen atoms in total. The van der Waals surface area contributed by atoms with Crippen molar-refractivity contribution in [3.8, 4) is 0 Å². The average Bonchev–Trinajstić information content (AvgIpc) is 3.85. The van der Waals surface area contributed by atoms with Crippen LogP contribution in [0.4, 0.5) is 0 Å². The number of unbranched alkanes of at least 4 members (excludes halogenated alkanes) is 21. The Balaban J connectivity index is 2.50. The highest BCUT2D eigenvalue weighted by Crippen LogP contribution is 2.25. The lowest BCUT2D eigenvalue weighted by Gasteiger charge is -2.32. The van der Waals surface area contributed by atoms with Gasteiger partial charge in [0.25, 0.3) is 0 Å². The van der Waals surface area contributed by atoms with E-state index in [4.69, 9.17) is 9.47 Å². The van der Waals surface area contributed by atoms with Gasteiger partial charge in [-0.1, -0.05) is 182 Å². The quantitative estimate of drug-likeness (QED) is 0.0459. The molecule has 0 aromatic carbocycles. The summed E-state index contributed by atoms with van der Waals surface area (Å²) in [6.45, 7) is 15.4. The lowest BCUT2D eigenvalue weighted by atomic mass is 9.94. The SMILES string of the molecule is CCCCCCCCC(CCCCCC)CNC(=O)CCCCCCCN(CCO)CCN(CCCCC(COC(=O)CCCCCCC)COC(=O)CCCCCCC)C1CCCC1. The number of carbonyl (C=O) groups excluding carboxylic acids is 3. The third-order valence-corrected chi connectivity index (χ3v) is 14.1. The third-order valence-electron chi connectivity index (χ3n) is 14.1. The van der Waals surface area contributed by atoms with Crippen LogP contribution in [0, 0.1) is 11.8 Å². The fourth-order valence-electron chi connectivity index (χ4n) is 9.69. The molecule has 9 heteroatoms. The number of aliphatic hydroxyl groups is 1. The second-order valence-electron chi connectivity index (χ2n) is 20.2. The van der Waals surface area contributed by atoms with Gasteiger partial charge in [0, 0.05) is 57.4 Å². The van der Waals surface area contributed by atoms with Gasteiger partial charge in [-0.3, -0.25) is 24.2 Å². The van der Waals surface area contributed by atoms with Crippen molar-refractivity contribution in [1.29, 1.82) is 0 Å². The second-order valence-corrected chi connectivity index (χ2v) is 20.2. The molecule has 0 spiro atoms. The van der Waals surface area contributed by atoms with E-state index in [2.05, 4.69) is 42.8 Å². The molecule has 1 rings (SSSR count). The molecule has 1 aliphatic rings. The van der Waals surface area contributed by atoms with Crippen molar-refractivity contribution < 1.29 is 29.0 Å². The molecule has 1 unspecified atom stereocenters. The van der Waals surface area contributed by atoms with Crippen molar-refractivity contribution in [3.63, 3.8) is 0 Å². The van der Waals surface area contributed by atoms with Crippen molar-refractivity contribution in [1.82, 2.24) is 15.1 Å². The molecular weight excluding hydrogens is 811 g/mol. The van der Waals surface area contributed by atoms with Gasteiger partial charge in [0.05, 0.1) is 19.8 Å². The van der Waals surface area contributed by atoms with E-state index in [0.29, 0.717) is 51.0 Å². The van der Waals surface area contributed by atoms with Crippen LogP contribution in [0.3, 0.4) is 0 Å². The first-order chi connectivity index (χ1) is 31.9. The smallest absolute Gasteiger partial charge is 0.305 e. The molecule has 65 heavy (non-hydrogen) atoms. The van der Waals surface area contributed by atoms with Crippen molar-refractivity contribution in [2.75, 3.05) is 59.1 Å². The number of esters is 2. The molecule has 1 aliphatic carbocycles. The van der Waals surface area contributed by atoms with Crippen LogP contribution >= 0.6 is 0 Å². The van der Waals surface area contributed by atoms with Crippen molar-refractivity contribution in [2.45, 2.75) is 271 Å². The summed E-state index contributed by atoms with van der Waals surface area (Å²) in [6.07, 6.45) is 42.0. The summed E-state index contributed by atoms with van der Waals surface area (Å²) in [6, 6.07) is 0.632. The summed E-state index contributed by atoms with van der Waals surface area (Å²) in [5.41, 5.74) is 0. The van der Waals surface area contributed by atoms with Gasteiger partial charge in [-0.2, -0.15) is 0 Å². The van der Waals surface area contributed by atoms with E-state index in [1.54, 1.807) is 0 Å². The Morgan fingerprint density at radius 3 is 1.46 bits per heavy atom. The largest absolute Gasteiger partial charge is 0.465 e. The van der Waals surface area contributed by atoms with Gasteiger partial charge >= 0.3 is 11.9 Å². The minimum Gasteiger partial charge on any atom is -0.465 e. The first kappa shape index (κ1) is 61.3. The zero-order valence-corrected chi connectivity index (χ0v) is 43.6. The predicted octanol–water partition coefficient (Wildman–Crippen LogP) is 13.9. The van der Waals surface area contributed by atoms with E-state index in [1.807, 2.05) is 0 Å². The standard InChI is InChI=1S/C56H109N3O6/c1-5-9-13-17-21-25-35-51(34-24-16-12-8-4)48-57-54(61)39-26-22-18-23-32-42-58(46-47-60)44-45-59(53-37-29-30-38-53)43-33-31-36-52(49-64-55(62)40-27-19-14-10-6-2)50-65-56(63)41-28-20-15-11-7-3/h51-53,60H,5-50H2,1-4H3,(H,57,61). The van der Waals surface area contributed by atoms with E-state index in [-0.39, 0.29) is 30.4 Å². The molecule has 1 fully saturated rings. The first-order valence-electron chi connectivity index (χ1n) is 28.5.